The van der Waals surface area contributed by atoms with E-state index in [-0.39, 0.29) is 23.9 Å². The Balaban J connectivity index is 1.76. The molecule has 10 heteroatoms. The van der Waals surface area contributed by atoms with Crippen LogP contribution in [-0.4, -0.2) is 25.9 Å². The van der Waals surface area contributed by atoms with Gasteiger partial charge >= 0.3 is 0 Å². The van der Waals surface area contributed by atoms with Crippen LogP contribution in [0.15, 0.2) is 72.3 Å². The summed E-state index contributed by atoms with van der Waals surface area (Å²) < 4.78 is 7.16. The third kappa shape index (κ3) is 3.66. The SMILES string of the molecule is N#CC1=C(N)Oc2n[nH]c(-c3ccc(Cl)cc3)c2C1c1cn(CC(N)=O)nc1-c1ccccc1. The Labute approximate surface area is 199 Å². The number of aromatic amines is 1. The van der Waals surface area contributed by atoms with Crippen LogP contribution < -0.4 is 16.2 Å². The van der Waals surface area contributed by atoms with Gasteiger partial charge in [0.15, 0.2) is 0 Å². The Kier molecular flexibility index (Phi) is 5.28. The predicted molar refractivity (Wildman–Crippen MR) is 125 cm³/mol. The number of ether oxygens (including phenoxy) is 1. The van der Waals surface area contributed by atoms with E-state index in [9.17, 15) is 10.1 Å². The molecule has 0 aliphatic carbocycles. The molecule has 0 fully saturated rings. The minimum Gasteiger partial charge on any atom is -0.420 e. The maximum atomic E-state index is 11.6. The number of nitrogens with one attached hydrogen (secondary N) is 1. The molecule has 1 atom stereocenters. The first-order valence-electron chi connectivity index (χ1n) is 10.3. The lowest BCUT2D eigenvalue weighted by atomic mass is 9.82. The summed E-state index contributed by atoms with van der Waals surface area (Å²) in [6.45, 7) is -0.119. The molecule has 0 radical (unpaired) electrons. The summed E-state index contributed by atoms with van der Waals surface area (Å²) in [5.74, 6) is -0.985. The molecule has 0 spiro atoms. The van der Waals surface area contributed by atoms with Crippen molar-refractivity contribution in [2.24, 2.45) is 11.5 Å². The van der Waals surface area contributed by atoms with E-state index in [1.807, 2.05) is 42.5 Å². The maximum Gasteiger partial charge on any atom is 0.244 e. The van der Waals surface area contributed by atoms with Crippen LogP contribution in [0.5, 0.6) is 5.88 Å². The third-order valence-corrected chi connectivity index (χ3v) is 5.79. The van der Waals surface area contributed by atoms with Crippen LogP contribution in [0.2, 0.25) is 5.02 Å². The van der Waals surface area contributed by atoms with Crippen molar-refractivity contribution >= 4 is 17.5 Å². The average Bonchev–Trinajstić information content (AvgIpc) is 3.43. The van der Waals surface area contributed by atoms with Gasteiger partial charge in [-0.3, -0.25) is 14.6 Å². The van der Waals surface area contributed by atoms with E-state index in [0.29, 0.717) is 27.5 Å². The Morgan fingerprint density at radius 3 is 2.59 bits per heavy atom. The van der Waals surface area contributed by atoms with Gasteiger partial charge in [0.1, 0.15) is 18.2 Å². The number of nitrogens with zero attached hydrogens (tertiary/aromatic N) is 4. The predicted octanol–water partition coefficient (Wildman–Crippen LogP) is 3.30. The molecule has 2 aromatic heterocycles. The fourth-order valence-electron chi connectivity index (χ4n) is 4.10. The fraction of sp³-hybridized carbons (Fsp3) is 0.0833. The molecule has 2 aromatic carbocycles. The first-order chi connectivity index (χ1) is 16.5. The quantitative estimate of drug-likeness (QED) is 0.406. The van der Waals surface area contributed by atoms with Crippen molar-refractivity contribution in [1.82, 2.24) is 20.0 Å². The summed E-state index contributed by atoms with van der Waals surface area (Å²) in [6, 6.07) is 18.9. The van der Waals surface area contributed by atoms with Gasteiger partial charge in [0, 0.05) is 27.9 Å². The molecule has 5 rings (SSSR count). The lowest BCUT2D eigenvalue weighted by Crippen LogP contribution is -2.21. The molecular formula is C24H18ClN7O2. The summed E-state index contributed by atoms with van der Waals surface area (Å²) in [5, 5.41) is 22.6. The highest BCUT2D eigenvalue weighted by Gasteiger charge is 2.38. The number of rotatable bonds is 5. The van der Waals surface area contributed by atoms with E-state index >= 15 is 0 Å². The number of aromatic nitrogens is 4. The highest BCUT2D eigenvalue weighted by atomic mass is 35.5. The third-order valence-electron chi connectivity index (χ3n) is 5.54. The van der Waals surface area contributed by atoms with Gasteiger partial charge in [-0.25, -0.2) is 0 Å². The smallest absolute Gasteiger partial charge is 0.244 e. The van der Waals surface area contributed by atoms with Gasteiger partial charge in [-0.2, -0.15) is 10.4 Å². The molecule has 4 aromatic rings. The molecule has 0 saturated heterocycles. The molecule has 0 saturated carbocycles. The summed E-state index contributed by atoms with van der Waals surface area (Å²) in [4.78, 5) is 11.6. The molecule has 9 nitrogen and oxygen atoms in total. The number of H-pyrrole nitrogens is 1. The topological polar surface area (TPSA) is 149 Å². The van der Waals surface area contributed by atoms with Gasteiger partial charge in [0.2, 0.25) is 17.7 Å². The molecule has 168 valence electrons. The molecular weight excluding hydrogens is 454 g/mol. The van der Waals surface area contributed by atoms with Crippen LogP contribution in [0.4, 0.5) is 0 Å². The molecule has 0 bridgehead atoms. The van der Waals surface area contributed by atoms with Crippen molar-refractivity contribution in [2.45, 2.75) is 12.5 Å². The number of nitrogens with two attached hydrogens (primary N) is 2. The number of primary amides is 1. The van der Waals surface area contributed by atoms with E-state index < -0.39 is 11.8 Å². The maximum absolute atomic E-state index is 11.6. The van der Waals surface area contributed by atoms with E-state index in [1.165, 1.54) is 4.68 Å². The minimum absolute atomic E-state index is 0.0455. The van der Waals surface area contributed by atoms with Gasteiger partial charge in [0.05, 0.1) is 22.9 Å². The van der Waals surface area contributed by atoms with E-state index in [0.717, 1.165) is 11.1 Å². The number of allylic oxidation sites excluding steroid dienone is 1. The van der Waals surface area contributed by atoms with Crippen molar-refractivity contribution in [2.75, 3.05) is 0 Å². The highest BCUT2D eigenvalue weighted by molar-refractivity contribution is 6.30. The summed E-state index contributed by atoms with van der Waals surface area (Å²) in [6.07, 6.45) is 1.70. The fourth-order valence-corrected chi connectivity index (χ4v) is 4.23. The second-order valence-corrected chi connectivity index (χ2v) is 8.15. The molecule has 34 heavy (non-hydrogen) atoms. The molecule has 5 N–H and O–H groups in total. The Morgan fingerprint density at radius 2 is 1.91 bits per heavy atom. The van der Waals surface area contributed by atoms with E-state index in [2.05, 4.69) is 21.4 Å². The highest BCUT2D eigenvalue weighted by Crippen LogP contribution is 2.47. The first-order valence-corrected chi connectivity index (χ1v) is 10.7. The zero-order chi connectivity index (χ0) is 23.8. The van der Waals surface area contributed by atoms with Crippen LogP contribution in [0.1, 0.15) is 17.0 Å². The van der Waals surface area contributed by atoms with Crippen LogP contribution >= 0.6 is 11.6 Å². The van der Waals surface area contributed by atoms with Crippen molar-refractivity contribution < 1.29 is 9.53 Å². The Bertz CT molecular complexity index is 1460. The van der Waals surface area contributed by atoms with Gasteiger partial charge < -0.3 is 16.2 Å². The van der Waals surface area contributed by atoms with E-state index in [1.54, 1.807) is 18.3 Å². The number of benzene rings is 2. The standard InChI is InChI=1S/C24H18ClN7O2/c25-15-8-6-14(7-9-15)22-20-19(16(10-26)23(28)34-24(20)30-29-22)17-11-32(12-18(27)33)31-21(17)13-4-2-1-3-5-13/h1-9,11,19H,12,28H2,(H2,27,33)(H,29,30). The second kappa shape index (κ2) is 8.42. The normalized spacial score (nSPS) is 14.9. The van der Waals surface area contributed by atoms with Crippen LogP contribution in [-0.2, 0) is 11.3 Å². The number of carbonyl (C=O) groups is 1. The van der Waals surface area contributed by atoms with Crippen molar-refractivity contribution in [1.29, 1.82) is 5.26 Å². The molecule has 3 heterocycles. The van der Waals surface area contributed by atoms with Crippen molar-refractivity contribution in [3.05, 3.63) is 88.4 Å². The van der Waals surface area contributed by atoms with Gasteiger partial charge in [-0.05, 0) is 12.1 Å². The lowest BCUT2D eigenvalue weighted by molar-refractivity contribution is -0.118. The zero-order valence-electron chi connectivity index (χ0n) is 17.7. The summed E-state index contributed by atoms with van der Waals surface area (Å²) in [5.41, 5.74) is 15.9. The number of halogens is 1. The van der Waals surface area contributed by atoms with Gasteiger partial charge in [0.25, 0.3) is 0 Å². The monoisotopic (exact) mass is 471 g/mol. The molecule has 1 aliphatic rings. The van der Waals surface area contributed by atoms with Crippen LogP contribution in [0.3, 0.4) is 0 Å². The number of nitriles is 1. The molecule has 1 unspecified atom stereocenters. The number of carbonyl (C=O) groups excluding carboxylic acids is 1. The first kappa shape index (κ1) is 21.3. The molecule has 1 amide bonds. The Hall–Kier alpha value is -4.55. The van der Waals surface area contributed by atoms with E-state index in [4.69, 9.17) is 27.8 Å². The Morgan fingerprint density at radius 1 is 1.18 bits per heavy atom. The average molecular weight is 472 g/mol. The van der Waals surface area contributed by atoms with Crippen LogP contribution in [0.25, 0.3) is 22.5 Å². The van der Waals surface area contributed by atoms with Crippen LogP contribution in [0, 0.1) is 11.3 Å². The number of hydrogen-bond donors (Lipinski definition) is 3. The number of hydrogen-bond acceptors (Lipinski definition) is 6. The van der Waals surface area contributed by atoms with Gasteiger partial charge in [-0.1, -0.05) is 54.1 Å². The minimum atomic E-state index is -0.657. The van der Waals surface area contributed by atoms with Gasteiger partial charge in [-0.15, -0.1) is 5.10 Å². The summed E-state index contributed by atoms with van der Waals surface area (Å²) >= 11 is 6.07. The zero-order valence-corrected chi connectivity index (χ0v) is 18.5. The van der Waals surface area contributed by atoms with Crippen molar-refractivity contribution in [3.8, 4) is 34.5 Å². The molecule has 1 aliphatic heterocycles. The second-order valence-electron chi connectivity index (χ2n) is 7.71. The number of fused-ring (bicyclic) bond motifs is 1. The van der Waals surface area contributed by atoms with Crippen molar-refractivity contribution in [3.63, 3.8) is 0 Å². The summed E-state index contributed by atoms with van der Waals surface area (Å²) in [7, 11) is 0. The largest absolute Gasteiger partial charge is 0.420 e. The number of amides is 1. The lowest BCUT2D eigenvalue weighted by Gasteiger charge is -2.24.